The first kappa shape index (κ1) is 16.0. The van der Waals surface area contributed by atoms with Gasteiger partial charge in [-0.25, -0.2) is 22.0 Å². The van der Waals surface area contributed by atoms with Crippen LogP contribution in [0.2, 0.25) is 0 Å². The summed E-state index contributed by atoms with van der Waals surface area (Å²) < 4.78 is 69.9. The van der Waals surface area contributed by atoms with Crippen LogP contribution >= 0.6 is 0 Å². The molecule has 0 aliphatic carbocycles. The molecule has 3 rings (SSSR count). The highest BCUT2D eigenvalue weighted by molar-refractivity contribution is 5.71. The van der Waals surface area contributed by atoms with Gasteiger partial charge in [-0.1, -0.05) is 30.3 Å². The minimum Gasteiger partial charge on any atom is -0.351 e. The summed E-state index contributed by atoms with van der Waals surface area (Å²) in [5.74, 6) is -6.87. The van der Waals surface area contributed by atoms with Crippen LogP contribution in [0.3, 0.4) is 0 Å². The highest BCUT2D eigenvalue weighted by Gasteiger charge is 2.26. The van der Waals surface area contributed by atoms with Crippen molar-refractivity contribution in [3.63, 3.8) is 0 Å². The molecule has 0 heterocycles. The Bertz CT molecular complexity index is 847. The van der Waals surface area contributed by atoms with Crippen LogP contribution in [-0.2, 0) is 0 Å². The van der Waals surface area contributed by atoms with E-state index in [0.717, 1.165) is 24.3 Å². The molecule has 0 bridgehead atoms. The molecule has 24 heavy (non-hydrogen) atoms. The SMILES string of the molecule is Fc1ccc(-c2c(F)c(F)c(Nc3ccccc3)c(F)c2F)cc1. The van der Waals surface area contributed by atoms with Gasteiger partial charge in [-0.05, 0) is 29.8 Å². The molecule has 0 amide bonds. The van der Waals surface area contributed by atoms with E-state index in [4.69, 9.17) is 0 Å². The van der Waals surface area contributed by atoms with Crippen molar-refractivity contribution in [1.29, 1.82) is 0 Å². The second kappa shape index (κ2) is 6.31. The molecule has 0 saturated carbocycles. The molecule has 3 aromatic rings. The number of benzene rings is 3. The van der Waals surface area contributed by atoms with Crippen LogP contribution in [0.15, 0.2) is 54.6 Å². The van der Waals surface area contributed by atoms with Crippen LogP contribution in [0, 0.1) is 29.1 Å². The highest BCUT2D eigenvalue weighted by atomic mass is 19.2. The Labute approximate surface area is 134 Å². The topological polar surface area (TPSA) is 12.0 Å². The van der Waals surface area contributed by atoms with Gasteiger partial charge in [-0.15, -0.1) is 0 Å². The summed E-state index contributed by atoms with van der Waals surface area (Å²) in [6, 6.07) is 11.8. The smallest absolute Gasteiger partial charge is 0.186 e. The number of nitrogens with one attached hydrogen (secondary N) is 1. The Morgan fingerprint density at radius 1 is 0.583 bits per heavy atom. The Balaban J connectivity index is 2.13. The summed E-state index contributed by atoms with van der Waals surface area (Å²) in [5.41, 5.74) is -1.72. The largest absolute Gasteiger partial charge is 0.351 e. The average Bonchev–Trinajstić information content (AvgIpc) is 2.60. The van der Waals surface area contributed by atoms with Crippen molar-refractivity contribution in [1.82, 2.24) is 0 Å². The average molecular weight is 335 g/mol. The third-order valence-corrected chi connectivity index (χ3v) is 3.44. The van der Waals surface area contributed by atoms with Gasteiger partial charge in [0.2, 0.25) is 0 Å². The monoisotopic (exact) mass is 335 g/mol. The number of halogens is 5. The molecule has 3 aromatic carbocycles. The molecule has 0 spiro atoms. The predicted molar refractivity (Wildman–Crippen MR) is 81.4 cm³/mol. The summed E-state index contributed by atoms with van der Waals surface area (Å²) >= 11 is 0. The molecular weight excluding hydrogens is 325 g/mol. The summed E-state index contributed by atoms with van der Waals surface area (Å²) in [6.45, 7) is 0. The van der Waals surface area contributed by atoms with Gasteiger partial charge in [0.25, 0.3) is 0 Å². The van der Waals surface area contributed by atoms with E-state index in [1.54, 1.807) is 18.2 Å². The van der Waals surface area contributed by atoms with E-state index in [-0.39, 0.29) is 11.3 Å². The molecule has 0 fully saturated rings. The van der Waals surface area contributed by atoms with Crippen LogP contribution < -0.4 is 5.32 Å². The normalized spacial score (nSPS) is 10.7. The highest BCUT2D eigenvalue weighted by Crippen LogP contribution is 2.35. The first-order valence-electron chi connectivity index (χ1n) is 6.93. The van der Waals surface area contributed by atoms with Crippen LogP contribution in [0.5, 0.6) is 0 Å². The van der Waals surface area contributed by atoms with Gasteiger partial charge in [0.05, 0.1) is 5.56 Å². The Morgan fingerprint density at radius 3 is 1.67 bits per heavy atom. The van der Waals surface area contributed by atoms with Gasteiger partial charge < -0.3 is 5.32 Å². The summed E-state index contributed by atoms with van der Waals surface area (Å²) in [6.07, 6.45) is 0. The van der Waals surface area contributed by atoms with Crippen molar-refractivity contribution in [3.8, 4) is 11.1 Å². The van der Waals surface area contributed by atoms with Gasteiger partial charge in [0, 0.05) is 5.69 Å². The number of rotatable bonds is 3. The Morgan fingerprint density at radius 2 is 1.12 bits per heavy atom. The first-order valence-corrected chi connectivity index (χ1v) is 6.93. The lowest BCUT2D eigenvalue weighted by Crippen LogP contribution is -2.06. The van der Waals surface area contributed by atoms with Crippen LogP contribution in [0.1, 0.15) is 0 Å². The maximum absolute atomic E-state index is 14.3. The fourth-order valence-electron chi connectivity index (χ4n) is 2.28. The second-order valence-electron chi connectivity index (χ2n) is 5.00. The fraction of sp³-hybridized carbons (Fsp3) is 0. The van der Waals surface area contributed by atoms with Crippen LogP contribution in [0.4, 0.5) is 33.3 Å². The third-order valence-electron chi connectivity index (χ3n) is 3.44. The van der Waals surface area contributed by atoms with E-state index < -0.39 is 40.3 Å². The van der Waals surface area contributed by atoms with Gasteiger partial charge >= 0.3 is 0 Å². The number of anilines is 2. The molecular formula is C18H10F5N. The van der Waals surface area contributed by atoms with E-state index in [1.807, 2.05) is 0 Å². The molecule has 1 N–H and O–H groups in total. The lowest BCUT2D eigenvalue weighted by atomic mass is 10.0. The predicted octanol–water partition coefficient (Wildman–Crippen LogP) is 5.79. The molecule has 0 saturated heterocycles. The molecule has 6 heteroatoms. The van der Waals surface area contributed by atoms with E-state index in [0.29, 0.717) is 0 Å². The van der Waals surface area contributed by atoms with Crippen molar-refractivity contribution in [2.24, 2.45) is 0 Å². The summed E-state index contributed by atoms with van der Waals surface area (Å²) in [7, 11) is 0. The molecule has 122 valence electrons. The third kappa shape index (κ3) is 2.82. The second-order valence-corrected chi connectivity index (χ2v) is 5.00. The van der Waals surface area contributed by atoms with E-state index in [2.05, 4.69) is 5.32 Å². The van der Waals surface area contributed by atoms with Crippen molar-refractivity contribution < 1.29 is 22.0 Å². The fourth-order valence-corrected chi connectivity index (χ4v) is 2.28. The van der Waals surface area contributed by atoms with Gasteiger partial charge in [0.1, 0.15) is 11.5 Å². The lowest BCUT2D eigenvalue weighted by Gasteiger charge is -2.14. The van der Waals surface area contributed by atoms with Gasteiger partial charge in [-0.3, -0.25) is 0 Å². The maximum Gasteiger partial charge on any atom is 0.186 e. The van der Waals surface area contributed by atoms with E-state index >= 15 is 0 Å². The summed E-state index contributed by atoms with van der Waals surface area (Å²) in [4.78, 5) is 0. The first-order chi connectivity index (χ1) is 11.5. The van der Waals surface area contributed by atoms with Crippen molar-refractivity contribution in [2.45, 2.75) is 0 Å². The minimum absolute atomic E-state index is 0.171. The molecule has 0 aromatic heterocycles. The Kier molecular flexibility index (Phi) is 4.20. The van der Waals surface area contributed by atoms with Crippen LogP contribution in [-0.4, -0.2) is 0 Å². The molecule has 0 atom stereocenters. The Hall–Kier alpha value is -2.89. The lowest BCUT2D eigenvalue weighted by molar-refractivity contribution is 0.464. The zero-order valence-electron chi connectivity index (χ0n) is 12.1. The van der Waals surface area contributed by atoms with Gasteiger partial charge in [0.15, 0.2) is 23.3 Å². The van der Waals surface area contributed by atoms with Crippen molar-refractivity contribution >= 4 is 11.4 Å². The standard InChI is InChI=1S/C18H10F5N/c19-11-8-6-10(7-9-11)13-14(20)16(22)18(17(23)15(13)21)24-12-4-2-1-3-5-12/h1-9,24H. The number of para-hydroxylation sites is 1. The molecule has 0 unspecified atom stereocenters. The zero-order valence-corrected chi connectivity index (χ0v) is 12.1. The van der Waals surface area contributed by atoms with Crippen LogP contribution in [0.25, 0.3) is 11.1 Å². The van der Waals surface area contributed by atoms with Crippen molar-refractivity contribution in [3.05, 3.63) is 83.7 Å². The van der Waals surface area contributed by atoms with E-state index in [1.165, 1.54) is 12.1 Å². The van der Waals surface area contributed by atoms with Crippen molar-refractivity contribution in [2.75, 3.05) is 5.32 Å². The minimum atomic E-state index is -1.56. The quantitative estimate of drug-likeness (QED) is 0.472. The summed E-state index contributed by atoms with van der Waals surface area (Å²) in [5, 5.41) is 2.32. The van der Waals surface area contributed by atoms with Gasteiger partial charge in [-0.2, -0.15) is 0 Å². The molecule has 0 aliphatic rings. The van der Waals surface area contributed by atoms with E-state index in [9.17, 15) is 22.0 Å². The molecule has 0 aliphatic heterocycles. The number of hydrogen-bond donors (Lipinski definition) is 1. The molecule has 0 radical (unpaired) electrons. The number of hydrogen-bond acceptors (Lipinski definition) is 1. The molecule has 1 nitrogen and oxygen atoms in total. The maximum atomic E-state index is 14.3. The zero-order chi connectivity index (χ0) is 17.3.